The van der Waals surface area contributed by atoms with Crippen LogP contribution in [0.2, 0.25) is 0 Å². The molecule has 152 valence electrons. The second-order valence-electron chi connectivity index (χ2n) is 8.10. The third-order valence-electron chi connectivity index (χ3n) is 3.64. The molecule has 3 N–H and O–H groups in total. The number of nitrogens with zero attached hydrogens (tertiary/aromatic N) is 1. The molecule has 0 unspecified atom stereocenters. The maximum absolute atomic E-state index is 12.0. The lowest BCUT2D eigenvalue weighted by Gasteiger charge is -2.20. The van der Waals surface area contributed by atoms with Crippen LogP contribution in [0.1, 0.15) is 47.5 Å². The van der Waals surface area contributed by atoms with Crippen LogP contribution in [0.15, 0.2) is 29.3 Å². The smallest absolute Gasteiger partial charge is 0.242 e. The molecular weight excluding hydrogens is 455 g/mol. The number of benzene rings is 1. The summed E-state index contributed by atoms with van der Waals surface area (Å²) in [5.74, 6) is 2.08. The Morgan fingerprint density at radius 1 is 1.22 bits per heavy atom. The van der Waals surface area contributed by atoms with Crippen LogP contribution in [0.5, 0.6) is 5.75 Å². The van der Waals surface area contributed by atoms with Gasteiger partial charge in [0.25, 0.3) is 0 Å². The van der Waals surface area contributed by atoms with Crippen LogP contribution in [0.3, 0.4) is 0 Å². The fourth-order valence-corrected chi connectivity index (χ4v) is 2.34. The minimum atomic E-state index is -0.256. The number of guanidine groups is 1. The lowest BCUT2D eigenvalue weighted by atomic mass is 10.1. The van der Waals surface area contributed by atoms with Crippen LogP contribution >= 0.6 is 24.0 Å². The summed E-state index contributed by atoms with van der Waals surface area (Å²) in [4.78, 5) is 16.4. The third-order valence-corrected chi connectivity index (χ3v) is 3.64. The molecule has 0 heterocycles. The Bertz CT molecular complexity index is 620. The van der Waals surface area contributed by atoms with Gasteiger partial charge in [-0.25, -0.2) is 4.99 Å². The molecule has 1 aromatic carbocycles. The SMILES string of the molecule is CC(C)Oc1ccc(NC(=NCC(=O)NC(C)(C)C)NCC2CC2)cc1.I. The van der Waals surface area contributed by atoms with Crippen LogP contribution in [0.4, 0.5) is 5.69 Å². The van der Waals surface area contributed by atoms with Crippen LogP contribution in [-0.4, -0.2) is 36.6 Å². The minimum absolute atomic E-state index is 0. The number of amides is 1. The van der Waals surface area contributed by atoms with Crippen molar-refractivity contribution in [2.24, 2.45) is 10.9 Å². The molecular formula is C20H33IN4O2. The van der Waals surface area contributed by atoms with E-state index in [2.05, 4.69) is 20.9 Å². The second kappa shape index (κ2) is 10.7. The van der Waals surface area contributed by atoms with Crippen molar-refractivity contribution < 1.29 is 9.53 Å². The van der Waals surface area contributed by atoms with Crippen molar-refractivity contribution in [1.82, 2.24) is 10.6 Å². The third kappa shape index (κ3) is 10.4. The van der Waals surface area contributed by atoms with Crippen molar-refractivity contribution in [1.29, 1.82) is 0 Å². The topological polar surface area (TPSA) is 74.8 Å². The summed E-state index contributed by atoms with van der Waals surface area (Å²) in [5.41, 5.74) is 0.646. The van der Waals surface area contributed by atoms with Gasteiger partial charge in [0.2, 0.25) is 5.91 Å². The maximum atomic E-state index is 12.0. The minimum Gasteiger partial charge on any atom is -0.491 e. The number of carbonyl (C=O) groups excluding carboxylic acids is 1. The van der Waals surface area contributed by atoms with Gasteiger partial charge >= 0.3 is 0 Å². The van der Waals surface area contributed by atoms with Gasteiger partial charge in [-0.1, -0.05) is 0 Å². The molecule has 0 bridgehead atoms. The van der Waals surface area contributed by atoms with Gasteiger partial charge in [-0.05, 0) is 77.6 Å². The Morgan fingerprint density at radius 2 is 1.85 bits per heavy atom. The number of anilines is 1. The Morgan fingerprint density at radius 3 is 2.37 bits per heavy atom. The Balaban J connectivity index is 0.00000364. The standard InChI is InChI=1S/C20H32N4O2.HI/c1-14(2)26-17-10-8-16(9-11-17)23-19(21-12-15-6-7-15)22-13-18(25)24-20(3,4)5;/h8-11,14-15H,6-7,12-13H2,1-5H3,(H,24,25)(H2,21,22,23);1H. The van der Waals surface area contributed by atoms with Crippen LogP contribution in [-0.2, 0) is 4.79 Å². The molecule has 0 radical (unpaired) electrons. The zero-order valence-corrected chi connectivity index (χ0v) is 19.3. The number of hydrogen-bond donors (Lipinski definition) is 3. The van der Waals surface area contributed by atoms with Crippen molar-refractivity contribution >= 4 is 41.5 Å². The Labute approximate surface area is 179 Å². The fraction of sp³-hybridized carbons (Fsp3) is 0.600. The van der Waals surface area contributed by atoms with Gasteiger partial charge in [-0.2, -0.15) is 0 Å². The number of rotatable bonds is 7. The first-order valence-electron chi connectivity index (χ1n) is 9.34. The molecule has 6 nitrogen and oxygen atoms in total. The van der Waals surface area contributed by atoms with E-state index in [0.717, 1.165) is 18.0 Å². The van der Waals surface area contributed by atoms with E-state index in [4.69, 9.17) is 4.74 Å². The number of carbonyl (C=O) groups is 1. The molecule has 0 aromatic heterocycles. The predicted octanol–water partition coefficient (Wildman–Crippen LogP) is 3.77. The van der Waals surface area contributed by atoms with Crippen molar-refractivity contribution in [2.75, 3.05) is 18.4 Å². The fourth-order valence-electron chi connectivity index (χ4n) is 2.34. The van der Waals surface area contributed by atoms with Gasteiger partial charge in [-0.15, -0.1) is 24.0 Å². The van der Waals surface area contributed by atoms with E-state index in [0.29, 0.717) is 11.9 Å². The summed E-state index contributed by atoms with van der Waals surface area (Å²) in [7, 11) is 0. The Hall–Kier alpha value is -1.51. The van der Waals surface area contributed by atoms with Crippen LogP contribution in [0, 0.1) is 5.92 Å². The van der Waals surface area contributed by atoms with Gasteiger partial charge in [0.05, 0.1) is 6.10 Å². The molecule has 1 aliphatic rings. The monoisotopic (exact) mass is 488 g/mol. The lowest BCUT2D eigenvalue weighted by molar-refractivity contribution is -0.121. The molecule has 0 spiro atoms. The van der Waals surface area contributed by atoms with E-state index in [1.54, 1.807) is 0 Å². The summed E-state index contributed by atoms with van der Waals surface area (Å²) < 4.78 is 5.66. The molecule has 0 atom stereocenters. The highest BCUT2D eigenvalue weighted by Crippen LogP contribution is 2.27. The molecule has 1 amide bonds. The summed E-state index contributed by atoms with van der Waals surface area (Å²) in [6, 6.07) is 7.74. The van der Waals surface area contributed by atoms with Gasteiger partial charge in [0.15, 0.2) is 5.96 Å². The molecule has 1 aliphatic carbocycles. The predicted molar refractivity (Wildman–Crippen MR) is 122 cm³/mol. The highest BCUT2D eigenvalue weighted by molar-refractivity contribution is 14.0. The molecule has 2 rings (SSSR count). The van der Waals surface area contributed by atoms with Crippen LogP contribution in [0.25, 0.3) is 0 Å². The Kier molecular flexibility index (Phi) is 9.35. The summed E-state index contributed by atoms with van der Waals surface area (Å²) in [6.07, 6.45) is 2.66. The largest absolute Gasteiger partial charge is 0.491 e. The van der Waals surface area contributed by atoms with Gasteiger partial charge in [0.1, 0.15) is 12.3 Å². The lowest BCUT2D eigenvalue weighted by Crippen LogP contribution is -2.42. The second-order valence-corrected chi connectivity index (χ2v) is 8.10. The summed E-state index contributed by atoms with van der Waals surface area (Å²) >= 11 is 0. The molecule has 1 aromatic rings. The highest BCUT2D eigenvalue weighted by Gasteiger charge is 2.21. The summed E-state index contributed by atoms with van der Waals surface area (Å²) in [5, 5.41) is 9.51. The van der Waals surface area contributed by atoms with Gasteiger partial charge < -0.3 is 20.7 Å². The average molecular weight is 488 g/mol. The molecule has 1 fully saturated rings. The molecule has 7 heteroatoms. The zero-order valence-electron chi connectivity index (χ0n) is 17.0. The van der Waals surface area contributed by atoms with E-state index in [9.17, 15) is 4.79 Å². The van der Waals surface area contributed by atoms with Crippen molar-refractivity contribution in [3.05, 3.63) is 24.3 Å². The van der Waals surface area contributed by atoms with Gasteiger partial charge in [-0.3, -0.25) is 4.79 Å². The number of ether oxygens (including phenoxy) is 1. The first-order chi connectivity index (χ1) is 12.2. The number of aliphatic imine (C=N–C) groups is 1. The average Bonchev–Trinajstić information content (AvgIpc) is 3.34. The first-order valence-corrected chi connectivity index (χ1v) is 9.34. The molecule has 27 heavy (non-hydrogen) atoms. The van der Waals surface area contributed by atoms with Crippen molar-refractivity contribution in [3.63, 3.8) is 0 Å². The molecule has 1 saturated carbocycles. The van der Waals surface area contributed by atoms with Gasteiger partial charge in [0, 0.05) is 17.8 Å². The van der Waals surface area contributed by atoms with E-state index in [1.165, 1.54) is 12.8 Å². The first kappa shape index (κ1) is 23.5. The molecule has 0 aliphatic heterocycles. The number of hydrogen-bond acceptors (Lipinski definition) is 3. The van der Waals surface area contributed by atoms with Crippen molar-refractivity contribution in [2.45, 2.75) is 59.1 Å². The van der Waals surface area contributed by atoms with E-state index in [1.807, 2.05) is 58.9 Å². The van der Waals surface area contributed by atoms with E-state index < -0.39 is 0 Å². The van der Waals surface area contributed by atoms with E-state index in [-0.39, 0.29) is 48.1 Å². The highest BCUT2D eigenvalue weighted by atomic mass is 127. The van der Waals surface area contributed by atoms with Crippen molar-refractivity contribution in [3.8, 4) is 5.75 Å². The normalized spacial score (nSPS) is 14.4. The zero-order chi connectivity index (χ0) is 19.2. The quantitative estimate of drug-likeness (QED) is 0.310. The number of halogens is 1. The number of nitrogens with one attached hydrogen (secondary N) is 3. The summed E-state index contributed by atoms with van der Waals surface area (Å²) in [6.45, 7) is 10.8. The molecule has 0 saturated heterocycles. The maximum Gasteiger partial charge on any atom is 0.242 e. The van der Waals surface area contributed by atoms with E-state index >= 15 is 0 Å². The van der Waals surface area contributed by atoms with Crippen LogP contribution < -0.4 is 20.7 Å².